The van der Waals surface area contributed by atoms with Crippen molar-refractivity contribution in [2.75, 3.05) is 0 Å². The maximum atomic E-state index is 3.42. The summed E-state index contributed by atoms with van der Waals surface area (Å²) in [6.07, 6.45) is 34.2. The number of nitrogens with zero attached hydrogens (tertiary/aromatic N) is 1. The van der Waals surface area contributed by atoms with Crippen molar-refractivity contribution in [3.63, 3.8) is 0 Å². The summed E-state index contributed by atoms with van der Waals surface area (Å²) >= 11 is 5.34. The summed E-state index contributed by atoms with van der Waals surface area (Å²) < 4.78 is 0. The second-order valence-corrected chi connectivity index (χ2v) is 38.3. The molecular weight excluding hydrogens is 894 g/mol. The van der Waals surface area contributed by atoms with Gasteiger partial charge in [-0.1, -0.05) is 117 Å². The van der Waals surface area contributed by atoms with Crippen molar-refractivity contribution in [3.8, 4) is 0 Å². The maximum Gasteiger partial charge on any atom is 0.154 e. The van der Waals surface area contributed by atoms with Gasteiger partial charge >= 0.3 is 0 Å². The van der Waals surface area contributed by atoms with E-state index in [2.05, 4.69) is 132 Å². The molecule has 9 aliphatic carbocycles. The number of rotatable bonds is 3. The molecule has 0 spiro atoms. The highest BCUT2D eigenvalue weighted by Gasteiger charge is 2.65. The predicted octanol–water partition coefficient (Wildman–Crippen LogP) is 19.2. The molecule has 0 aromatic heterocycles. The van der Waals surface area contributed by atoms with E-state index in [4.69, 9.17) is 0 Å². The Morgan fingerprint density at radius 1 is 0.380 bits per heavy atom. The molecule has 9 saturated carbocycles. The molecule has 15 unspecified atom stereocenters. The molecule has 12 fully saturated rings. The van der Waals surface area contributed by atoms with Gasteiger partial charge in [-0.2, -0.15) is 23.5 Å². The number of hydrogen-bond donors (Lipinski definition) is 0. The summed E-state index contributed by atoms with van der Waals surface area (Å²) in [5, 5.41) is 3.76. The fourth-order valence-corrected chi connectivity index (χ4v) is 28.0. The van der Waals surface area contributed by atoms with Gasteiger partial charge in [0.05, 0.1) is 0 Å². The van der Waals surface area contributed by atoms with Gasteiger partial charge in [-0.25, -0.2) is 0 Å². The summed E-state index contributed by atoms with van der Waals surface area (Å²) in [6, 6.07) is 2.61. The van der Waals surface area contributed by atoms with E-state index in [0.717, 1.165) is 152 Å². The lowest BCUT2D eigenvalue weighted by atomic mass is 9.22. The van der Waals surface area contributed by atoms with Gasteiger partial charge in [-0.05, 0) is 262 Å². The Morgan fingerprint density at radius 3 is 1.48 bits per heavy atom. The molecule has 71 heavy (non-hydrogen) atoms. The smallest absolute Gasteiger partial charge is 0.154 e. The van der Waals surface area contributed by atoms with E-state index in [1.807, 2.05) is 0 Å². The van der Waals surface area contributed by atoms with Crippen LogP contribution in [0.2, 0.25) is 17.5 Å². The minimum atomic E-state index is 0.447. The third-order valence-corrected chi connectivity index (χ3v) is 30.1. The van der Waals surface area contributed by atoms with Crippen LogP contribution in [0.1, 0.15) is 245 Å². The molecule has 0 aromatic rings. The fraction of sp³-hybridized carbons (Fsp3) is 1.00. The van der Waals surface area contributed by atoms with Crippen molar-refractivity contribution in [2.24, 2.45) is 116 Å². The van der Waals surface area contributed by atoms with E-state index in [-0.39, 0.29) is 0 Å². The Bertz CT molecular complexity index is 1850. The second-order valence-electron chi connectivity index (χ2n) is 35.4. The molecule has 1 nitrogen and oxygen atoms in total. The lowest BCUT2D eigenvalue weighted by molar-refractivity contribution is -0.151. The Morgan fingerprint density at radius 2 is 0.901 bits per heavy atom. The zero-order chi connectivity index (χ0) is 50.1. The zero-order valence-electron chi connectivity index (χ0n) is 49.3. The largest absolute Gasteiger partial charge is 0.294 e. The van der Waals surface area contributed by atoms with Crippen molar-refractivity contribution >= 4 is 30.2 Å². The molecule has 25 atom stereocenters. The second kappa shape index (κ2) is 18.7. The number of likely N-dealkylation sites (tertiary alicyclic amines) is 1. The molecule has 12 aliphatic rings. The van der Waals surface area contributed by atoms with Crippen molar-refractivity contribution in [1.29, 1.82) is 0 Å². The molecule has 0 aromatic carbocycles. The van der Waals surface area contributed by atoms with E-state index in [1.54, 1.807) is 96.3 Å². The van der Waals surface area contributed by atoms with Crippen LogP contribution in [0.15, 0.2) is 0 Å². The van der Waals surface area contributed by atoms with E-state index in [0.29, 0.717) is 27.1 Å². The molecule has 3 heterocycles. The summed E-state index contributed by atoms with van der Waals surface area (Å²) in [5.41, 5.74) is 2.28. The highest BCUT2D eigenvalue weighted by molar-refractivity contribution is 8.02. The van der Waals surface area contributed by atoms with Crippen LogP contribution >= 0.6 is 23.5 Å². The summed E-state index contributed by atoms with van der Waals surface area (Å²) in [5.74, 6) is 17.9. The Kier molecular flexibility index (Phi) is 13.8. The van der Waals surface area contributed by atoms with Gasteiger partial charge in [-0.15, -0.1) is 0 Å². The van der Waals surface area contributed by atoms with Crippen LogP contribution in [-0.2, 0) is 0 Å². The van der Waals surface area contributed by atoms with Gasteiger partial charge in [0.1, 0.15) is 0 Å². The Labute approximate surface area is 450 Å². The maximum absolute atomic E-state index is 3.42. The minimum Gasteiger partial charge on any atom is -0.294 e. The van der Waals surface area contributed by atoms with Gasteiger partial charge < -0.3 is 0 Å². The molecule has 0 N–H and O–H groups in total. The molecule has 12 rings (SSSR count). The van der Waals surface area contributed by atoms with Gasteiger partial charge in [0.2, 0.25) is 0 Å². The predicted molar refractivity (Wildman–Crippen MR) is 312 cm³/mol. The zero-order valence-corrected chi connectivity index (χ0v) is 51.0. The van der Waals surface area contributed by atoms with Crippen molar-refractivity contribution in [1.82, 2.24) is 4.90 Å². The molecule has 0 bridgehead atoms. The first-order chi connectivity index (χ1) is 33.3. The van der Waals surface area contributed by atoms with Gasteiger partial charge in [-0.3, -0.25) is 4.90 Å². The van der Waals surface area contributed by atoms with E-state index < -0.39 is 0 Å². The van der Waals surface area contributed by atoms with E-state index >= 15 is 0 Å². The summed E-state index contributed by atoms with van der Waals surface area (Å²) in [4.78, 5) is 3.42. The third kappa shape index (κ3) is 9.58. The van der Waals surface area contributed by atoms with Crippen LogP contribution in [0, 0.1) is 116 Å². The SMILES string of the molecule is CC(C)(C)CC1CC2SC3CC[C@H](C4C[C@H]5C[C@@H](C(C)(C)C)C[C@H]6CCC7CC(C(C)(C)C)CC4C7C65)CC3B3[C@@H]2C(C1)SC1C[C@@H](N2C4CCC(C(C)(C)C)C[C@H]4C4C[C@@H](C(C)(C)C)CC[C@H]42)CC[C@@H]31. The minimum absolute atomic E-state index is 0.447. The number of thioether (sulfide) groups is 2. The third-order valence-electron chi connectivity index (χ3n) is 26.6. The molecule has 3 saturated heterocycles. The van der Waals surface area contributed by atoms with Gasteiger partial charge in [0.15, 0.2) is 6.71 Å². The average Bonchev–Trinajstić information content (AvgIpc) is 3.61. The lowest BCUT2D eigenvalue weighted by Gasteiger charge is -2.65. The van der Waals surface area contributed by atoms with Gasteiger partial charge in [0, 0.05) is 39.1 Å². The van der Waals surface area contributed by atoms with Crippen LogP contribution in [0.5, 0.6) is 0 Å². The Hall–Kier alpha value is 0.725. The monoisotopic (exact) mass is 1010 g/mol. The van der Waals surface area contributed by atoms with Crippen LogP contribution in [0.25, 0.3) is 0 Å². The van der Waals surface area contributed by atoms with Gasteiger partial charge in [0.25, 0.3) is 0 Å². The molecule has 4 heteroatoms. The molecular formula is C67H114BNS2. The average molecular weight is 1010 g/mol. The highest BCUT2D eigenvalue weighted by atomic mass is 32.2. The fourth-order valence-electron chi connectivity index (χ4n) is 23.5. The normalized spacial score (nSPS) is 51.3. The van der Waals surface area contributed by atoms with Crippen molar-refractivity contribution in [3.05, 3.63) is 0 Å². The van der Waals surface area contributed by atoms with Crippen LogP contribution < -0.4 is 0 Å². The topological polar surface area (TPSA) is 3.24 Å². The van der Waals surface area contributed by atoms with E-state index in [9.17, 15) is 0 Å². The van der Waals surface area contributed by atoms with E-state index in [1.165, 1.54) is 44.9 Å². The summed E-state index contributed by atoms with van der Waals surface area (Å²) in [6.45, 7) is 40.1. The van der Waals surface area contributed by atoms with Crippen LogP contribution in [0.3, 0.4) is 0 Å². The van der Waals surface area contributed by atoms with Crippen LogP contribution in [0.4, 0.5) is 0 Å². The lowest BCUT2D eigenvalue weighted by Crippen LogP contribution is -2.61. The number of hydrogen-bond acceptors (Lipinski definition) is 3. The molecule has 0 amide bonds. The number of fused-ring (bicyclic) bond motifs is 7. The standard InChI is InChI=1S/C67H114BNS2/c1-63(2,3)37-38-26-58-62-59(27-38)71-57-36-47(69-54-23-19-43(64(4,5)6)33-49(54)50-34-44(65(7,8)9)20-24-55(50)69)21-22-52(57)68(62)53-32-39(18-25-56(53)70-58)48-31-42-30-45(66(10,11)12)28-40-16-17-41-29-46(67(13,14)15)35-51(48)61(41)60(40)42/h38-62H,16-37H2,1-15H3/t38?,39-,40+,41?,42+,43-,44?,45-,46?,47-,48?,49?,50-,51?,52+,53?,54+,55?,56?,57?,58?,59?,60?,61?,62-/m0/s1. The van der Waals surface area contributed by atoms with Crippen molar-refractivity contribution < 1.29 is 0 Å². The van der Waals surface area contributed by atoms with Crippen LogP contribution in [-0.4, -0.2) is 50.7 Å². The quantitative estimate of drug-likeness (QED) is 0.259. The Balaban J connectivity index is 0.844. The summed E-state index contributed by atoms with van der Waals surface area (Å²) in [7, 11) is 0. The van der Waals surface area contributed by atoms with Crippen molar-refractivity contribution in [2.45, 2.75) is 302 Å². The first-order valence-electron chi connectivity index (χ1n) is 32.4. The first kappa shape index (κ1) is 52.4. The highest BCUT2D eigenvalue weighted by Crippen LogP contribution is 2.71. The molecule has 402 valence electrons. The first-order valence-corrected chi connectivity index (χ1v) is 34.3. The molecule has 0 radical (unpaired) electrons. The molecule has 3 aliphatic heterocycles.